The van der Waals surface area contributed by atoms with Crippen LogP contribution in [0.5, 0.6) is 0 Å². The van der Waals surface area contributed by atoms with E-state index < -0.39 is 0 Å². The molecule has 0 unspecified atom stereocenters. The molecule has 0 spiro atoms. The zero-order valence-corrected chi connectivity index (χ0v) is 11.6. The van der Waals surface area contributed by atoms with Gasteiger partial charge in [-0.1, -0.05) is 24.3 Å². The Morgan fingerprint density at radius 1 is 1.11 bits per heavy atom. The second-order valence-corrected chi connectivity index (χ2v) is 5.21. The van der Waals surface area contributed by atoms with Gasteiger partial charge in [0.1, 0.15) is 0 Å². The number of nitrogens with zero attached hydrogens (tertiary/aromatic N) is 3. The number of aromatic nitrogens is 2. The molecule has 0 N–H and O–H groups in total. The van der Waals surface area contributed by atoms with Crippen LogP contribution in [-0.4, -0.2) is 16.5 Å². The van der Waals surface area contributed by atoms with E-state index in [9.17, 15) is 0 Å². The highest BCUT2D eigenvalue weighted by Gasteiger charge is 2.17. The molecule has 1 aromatic heterocycles. The first-order chi connectivity index (χ1) is 9.24. The van der Waals surface area contributed by atoms with Crippen molar-refractivity contribution in [2.75, 3.05) is 11.4 Å². The maximum Gasteiger partial charge on any atom is 0.150 e. The maximum absolute atomic E-state index is 4.67. The molecule has 0 amide bonds. The Kier molecular flexibility index (Phi) is 3.20. The molecule has 0 fully saturated rings. The summed E-state index contributed by atoms with van der Waals surface area (Å²) in [6.45, 7) is 6.03. The van der Waals surface area contributed by atoms with Gasteiger partial charge in [0.15, 0.2) is 5.82 Å². The first-order valence-electron chi connectivity index (χ1n) is 6.86. The van der Waals surface area contributed by atoms with E-state index in [-0.39, 0.29) is 0 Å². The molecule has 1 aromatic carbocycles. The Morgan fingerprint density at radius 2 is 1.89 bits per heavy atom. The highest BCUT2D eigenvalue weighted by atomic mass is 15.2. The molecule has 0 bridgehead atoms. The van der Waals surface area contributed by atoms with Crippen LogP contribution in [0.4, 0.5) is 5.82 Å². The van der Waals surface area contributed by atoms with Crippen molar-refractivity contribution in [3.8, 4) is 0 Å². The van der Waals surface area contributed by atoms with Gasteiger partial charge in [-0.15, -0.1) is 0 Å². The Balaban J connectivity index is 1.96. The fourth-order valence-electron chi connectivity index (χ4n) is 2.71. The summed E-state index contributed by atoms with van der Waals surface area (Å²) >= 11 is 0. The smallest absolute Gasteiger partial charge is 0.150 e. The predicted octanol–water partition coefficient (Wildman–Crippen LogP) is 3.05. The molecule has 0 atom stereocenters. The Bertz CT molecular complexity index is 592. The van der Waals surface area contributed by atoms with Crippen molar-refractivity contribution in [3.05, 3.63) is 53.0 Å². The third-order valence-electron chi connectivity index (χ3n) is 3.70. The quantitative estimate of drug-likeness (QED) is 0.782. The minimum atomic E-state index is 0.940. The van der Waals surface area contributed by atoms with E-state index in [0.29, 0.717) is 0 Å². The monoisotopic (exact) mass is 253 g/mol. The number of aryl methyl sites for hydroxylation is 3. The lowest BCUT2D eigenvalue weighted by molar-refractivity contribution is 0.745. The first kappa shape index (κ1) is 12.2. The number of benzene rings is 1. The van der Waals surface area contributed by atoms with Gasteiger partial charge in [0.2, 0.25) is 0 Å². The van der Waals surface area contributed by atoms with E-state index in [4.69, 9.17) is 0 Å². The van der Waals surface area contributed by atoms with Crippen LogP contribution in [0.2, 0.25) is 0 Å². The zero-order chi connectivity index (χ0) is 13.2. The lowest BCUT2D eigenvalue weighted by Crippen LogP contribution is -2.25. The van der Waals surface area contributed by atoms with Crippen LogP contribution < -0.4 is 4.90 Å². The van der Waals surface area contributed by atoms with Crippen LogP contribution in [-0.2, 0) is 13.0 Å². The molecular formula is C16H19N3. The largest absolute Gasteiger partial charge is 0.351 e. The van der Waals surface area contributed by atoms with Crippen LogP contribution in [0, 0.1) is 13.8 Å². The van der Waals surface area contributed by atoms with E-state index in [2.05, 4.69) is 39.1 Å². The molecule has 3 heteroatoms. The number of rotatable bonds is 1. The molecule has 0 radical (unpaired) electrons. The molecule has 3 nitrogen and oxygen atoms in total. The molecule has 0 aliphatic carbocycles. The summed E-state index contributed by atoms with van der Waals surface area (Å²) < 4.78 is 0. The zero-order valence-electron chi connectivity index (χ0n) is 11.6. The molecule has 2 heterocycles. The van der Waals surface area contributed by atoms with Crippen LogP contribution in [0.3, 0.4) is 0 Å². The lowest BCUT2D eigenvalue weighted by atomic mass is 10.0. The standard InChI is InChI=1S/C16H19N3/c1-12-10-17-13(2)16(18-12)19-9-5-8-14-6-3-4-7-15(14)11-19/h3-4,6-7,10H,5,8-9,11H2,1-2H3. The van der Waals surface area contributed by atoms with Gasteiger partial charge in [-0.25, -0.2) is 4.98 Å². The molecule has 3 rings (SSSR count). The van der Waals surface area contributed by atoms with Gasteiger partial charge in [0.25, 0.3) is 0 Å². The van der Waals surface area contributed by atoms with E-state index in [1.54, 1.807) is 0 Å². The van der Waals surface area contributed by atoms with Gasteiger partial charge in [-0.2, -0.15) is 0 Å². The summed E-state index contributed by atoms with van der Waals surface area (Å²) in [5, 5.41) is 0. The summed E-state index contributed by atoms with van der Waals surface area (Å²) in [4.78, 5) is 11.5. The summed E-state index contributed by atoms with van der Waals surface area (Å²) in [7, 11) is 0. The molecule has 19 heavy (non-hydrogen) atoms. The molecule has 1 aliphatic heterocycles. The fraction of sp³-hybridized carbons (Fsp3) is 0.375. The summed E-state index contributed by atoms with van der Waals surface area (Å²) in [5.41, 5.74) is 4.90. The number of hydrogen-bond acceptors (Lipinski definition) is 3. The van der Waals surface area contributed by atoms with Gasteiger partial charge >= 0.3 is 0 Å². The summed E-state index contributed by atoms with van der Waals surface area (Å²) in [6, 6.07) is 8.73. The Hall–Kier alpha value is -1.90. The molecular weight excluding hydrogens is 234 g/mol. The van der Waals surface area contributed by atoms with Gasteiger partial charge in [-0.05, 0) is 37.8 Å². The van der Waals surface area contributed by atoms with Gasteiger partial charge in [0.05, 0.1) is 11.4 Å². The third kappa shape index (κ3) is 2.46. The number of fused-ring (bicyclic) bond motifs is 1. The van der Waals surface area contributed by atoms with Crippen molar-refractivity contribution in [1.29, 1.82) is 0 Å². The van der Waals surface area contributed by atoms with Crippen LogP contribution in [0.25, 0.3) is 0 Å². The maximum atomic E-state index is 4.67. The molecule has 98 valence electrons. The fourth-order valence-corrected chi connectivity index (χ4v) is 2.71. The van der Waals surface area contributed by atoms with E-state index >= 15 is 0 Å². The Labute approximate surface area is 114 Å². The average molecular weight is 253 g/mol. The number of hydrogen-bond donors (Lipinski definition) is 0. The lowest BCUT2D eigenvalue weighted by Gasteiger charge is -2.23. The topological polar surface area (TPSA) is 29.0 Å². The van der Waals surface area contributed by atoms with Gasteiger partial charge in [-0.3, -0.25) is 4.98 Å². The van der Waals surface area contributed by atoms with Crippen LogP contribution in [0.1, 0.15) is 28.9 Å². The Morgan fingerprint density at radius 3 is 2.74 bits per heavy atom. The predicted molar refractivity (Wildman–Crippen MR) is 77.3 cm³/mol. The normalized spacial score (nSPS) is 14.9. The van der Waals surface area contributed by atoms with E-state index in [1.165, 1.54) is 17.5 Å². The van der Waals surface area contributed by atoms with Crippen molar-refractivity contribution in [2.24, 2.45) is 0 Å². The van der Waals surface area contributed by atoms with Crippen molar-refractivity contribution >= 4 is 5.82 Å². The average Bonchev–Trinajstić information content (AvgIpc) is 2.63. The summed E-state index contributed by atoms with van der Waals surface area (Å²) in [5.74, 6) is 1.04. The van der Waals surface area contributed by atoms with Gasteiger partial charge in [0, 0.05) is 19.3 Å². The highest BCUT2D eigenvalue weighted by molar-refractivity contribution is 5.45. The summed E-state index contributed by atoms with van der Waals surface area (Å²) in [6.07, 6.45) is 4.17. The van der Waals surface area contributed by atoms with Gasteiger partial charge < -0.3 is 4.90 Å². The van der Waals surface area contributed by atoms with Crippen molar-refractivity contribution in [3.63, 3.8) is 0 Å². The highest BCUT2D eigenvalue weighted by Crippen LogP contribution is 2.24. The molecule has 2 aromatic rings. The molecule has 1 aliphatic rings. The first-order valence-corrected chi connectivity index (χ1v) is 6.86. The van der Waals surface area contributed by atoms with Crippen LogP contribution in [0.15, 0.2) is 30.5 Å². The van der Waals surface area contributed by atoms with Crippen molar-refractivity contribution in [2.45, 2.75) is 33.2 Å². The van der Waals surface area contributed by atoms with Crippen molar-refractivity contribution in [1.82, 2.24) is 9.97 Å². The molecule has 0 saturated carbocycles. The van der Waals surface area contributed by atoms with E-state index in [0.717, 1.165) is 36.7 Å². The number of anilines is 1. The minimum absolute atomic E-state index is 0.940. The third-order valence-corrected chi connectivity index (χ3v) is 3.70. The van der Waals surface area contributed by atoms with E-state index in [1.807, 2.05) is 20.0 Å². The second-order valence-electron chi connectivity index (χ2n) is 5.21. The van der Waals surface area contributed by atoms with Crippen LogP contribution >= 0.6 is 0 Å². The SMILES string of the molecule is Cc1cnc(C)c(N2CCCc3ccccc3C2)n1. The minimum Gasteiger partial charge on any atom is -0.351 e. The second kappa shape index (κ2) is 5.00. The van der Waals surface area contributed by atoms with Crippen molar-refractivity contribution < 1.29 is 0 Å². The molecule has 0 saturated heterocycles.